The Kier molecular flexibility index (Phi) is 5.79. The van der Waals surface area contributed by atoms with E-state index >= 15 is 0 Å². The van der Waals surface area contributed by atoms with Crippen molar-refractivity contribution in [2.24, 2.45) is 0 Å². The van der Waals surface area contributed by atoms with Crippen molar-refractivity contribution in [3.63, 3.8) is 0 Å². The fourth-order valence-electron chi connectivity index (χ4n) is 9.76. The third-order valence-corrected chi connectivity index (χ3v) is 11.9. The minimum atomic E-state index is 0.838. The van der Waals surface area contributed by atoms with E-state index in [2.05, 4.69) is 175 Å². The van der Waals surface area contributed by atoms with Crippen molar-refractivity contribution in [3.05, 3.63) is 164 Å². The second-order valence-electron chi connectivity index (χ2n) is 14.4. The molecule has 2 heteroatoms. The number of fused-ring (bicyclic) bond motifs is 5. The molecular formula is C51H32N2. The number of rotatable bonds is 3. The molecule has 1 aromatic heterocycles. The SMILES string of the molecule is CCn1c(-c2c3ccccc3c(-c3cc4cccc5c6cccc7ccc8cccc(c9cccc3c9c45)c8c76)c3ccccc23)nc2ccccc21. The highest BCUT2D eigenvalue weighted by atomic mass is 15.1. The Bertz CT molecular complexity index is 3440. The molecule has 12 rings (SSSR count). The molecule has 0 bridgehead atoms. The molecule has 53 heavy (non-hydrogen) atoms. The third kappa shape index (κ3) is 3.80. The van der Waals surface area contributed by atoms with Gasteiger partial charge in [-0.1, -0.05) is 146 Å². The molecule has 0 unspecified atom stereocenters. The fourth-order valence-corrected chi connectivity index (χ4v) is 9.76. The number of imidazole rings is 1. The van der Waals surface area contributed by atoms with Gasteiger partial charge in [-0.15, -0.1) is 0 Å². The lowest BCUT2D eigenvalue weighted by atomic mass is 9.82. The topological polar surface area (TPSA) is 17.8 Å². The number of benzene rings is 10. The maximum atomic E-state index is 5.31. The molecule has 0 N–H and O–H groups in total. The van der Waals surface area contributed by atoms with Gasteiger partial charge in [0.25, 0.3) is 0 Å². The largest absolute Gasteiger partial charge is 0.324 e. The molecule has 0 saturated carbocycles. The maximum absolute atomic E-state index is 5.31. The van der Waals surface area contributed by atoms with Gasteiger partial charge in [-0.25, -0.2) is 4.98 Å². The summed E-state index contributed by atoms with van der Waals surface area (Å²) < 4.78 is 2.37. The van der Waals surface area contributed by atoms with Crippen molar-refractivity contribution in [1.82, 2.24) is 9.55 Å². The van der Waals surface area contributed by atoms with Gasteiger partial charge in [-0.2, -0.15) is 0 Å². The summed E-state index contributed by atoms with van der Waals surface area (Å²) in [6.07, 6.45) is 0. The van der Waals surface area contributed by atoms with Crippen LogP contribution < -0.4 is 0 Å². The smallest absolute Gasteiger partial charge is 0.142 e. The molecule has 2 nitrogen and oxygen atoms in total. The summed E-state index contributed by atoms with van der Waals surface area (Å²) in [7, 11) is 0. The average molecular weight is 673 g/mol. The molecule has 0 saturated heterocycles. The maximum Gasteiger partial charge on any atom is 0.142 e. The van der Waals surface area contributed by atoms with E-state index in [0.717, 1.165) is 17.9 Å². The zero-order valence-electron chi connectivity index (χ0n) is 29.2. The summed E-state index contributed by atoms with van der Waals surface area (Å²) in [6.45, 7) is 3.06. The highest BCUT2D eigenvalue weighted by Crippen LogP contribution is 2.49. The van der Waals surface area contributed by atoms with Gasteiger partial charge in [0, 0.05) is 12.1 Å². The summed E-state index contributed by atoms with van der Waals surface area (Å²) in [5.41, 5.74) is 5.91. The number of nitrogens with zero attached hydrogens (tertiary/aromatic N) is 2. The van der Waals surface area contributed by atoms with Gasteiger partial charge in [-0.3, -0.25) is 0 Å². The lowest BCUT2D eigenvalue weighted by molar-refractivity contribution is 0.798. The van der Waals surface area contributed by atoms with Crippen LogP contribution in [0.2, 0.25) is 0 Å². The zero-order valence-corrected chi connectivity index (χ0v) is 29.2. The van der Waals surface area contributed by atoms with Gasteiger partial charge in [0.15, 0.2) is 0 Å². The van der Waals surface area contributed by atoms with Gasteiger partial charge in [-0.05, 0) is 122 Å². The molecule has 12 aromatic rings. The van der Waals surface area contributed by atoms with Crippen LogP contribution in [0.3, 0.4) is 0 Å². The van der Waals surface area contributed by atoms with Crippen molar-refractivity contribution in [1.29, 1.82) is 0 Å². The van der Waals surface area contributed by atoms with Gasteiger partial charge < -0.3 is 4.57 Å². The monoisotopic (exact) mass is 672 g/mol. The first-order chi connectivity index (χ1) is 26.3. The zero-order chi connectivity index (χ0) is 34.8. The van der Waals surface area contributed by atoms with Crippen molar-refractivity contribution in [2.75, 3.05) is 0 Å². The van der Waals surface area contributed by atoms with Crippen molar-refractivity contribution in [2.45, 2.75) is 13.5 Å². The minimum Gasteiger partial charge on any atom is -0.324 e. The second kappa shape index (κ2) is 10.6. The molecule has 0 amide bonds. The van der Waals surface area contributed by atoms with Gasteiger partial charge in [0.1, 0.15) is 5.82 Å². The van der Waals surface area contributed by atoms with Gasteiger partial charge in [0.05, 0.1) is 11.0 Å². The van der Waals surface area contributed by atoms with Crippen LogP contribution in [-0.2, 0) is 6.54 Å². The molecule has 0 fully saturated rings. The summed E-state index contributed by atoms with van der Waals surface area (Å²) in [4.78, 5) is 5.31. The van der Waals surface area contributed by atoms with E-state index in [4.69, 9.17) is 4.98 Å². The highest BCUT2D eigenvalue weighted by molar-refractivity contribution is 6.38. The highest BCUT2D eigenvalue weighted by Gasteiger charge is 2.23. The Balaban J connectivity index is 1.31. The molecule has 0 aliphatic heterocycles. The third-order valence-electron chi connectivity index (χ3n) is 11.9. The van der Waals surface area contributed by atoms with Crippen LogP contribution in [-0.4, -0.2) is 9.55 Å². The van der Waals surface area contributed by atoms with Gasteiger partial charge in [0.2, 0.25) is 0 Å². The van der Waals surface area contributed by atoms with Crippen LogP contribution in [0.25, 0.3) is 120 Å². The van der Waals surface area contributed by atoms with Crippen LogP contribution in [0.4, 0.5) is 0 Å². The van der Waals surface area contributed by atoms with E-state index < -0.39 is 0 Å². The average Bonchev–Trinajstić information content (AvgIpc) is 3.59. The van der Waals surface area contributed by atoms with E-state index in [1.807, 2.05) is 0 Å². The van der Waals surface area contributed by atoms with E-state index in [1.165, 1.54) is 108 Å². The van der Waals surface area contributed by atoms with Crippen LogP contribution in [0.15, 0.2) is 164 Å². The molecule has 0 aliphatic carbocycles. The number of hydrogen-bond donors (Lipinski definition) is 0. The summed E-state index contributed by atoms with van der Waals surface area (Å²) in [6, 6.07) is 61.0. The first-order valence-electron chi connectivity index (χ1n) is 18.6. The number of para-hydroxylation sites is 2. The molecule has 11 aromatic carbocycles. The molecule has 246 valence electrons. The van der Waals surface area contributed by atoms with Crippen LogP contribution in [0.1, 0.15) is 6.92 Å². The normalized spacial score (nSPS) is 12.3. The van der Waals surface area contributed by atoms with E-state index in [-0.39, 0.29) is 0 Å². The number of aryl methyl sites for hydroxylation is 1. The van der Waals surface area contributed by atoms with E-state index in [9.17, 15) is 0 Å². The number of hydrogen-bond acceptors (Lipinski definition) is 1. The van der Waals surface area contributed by atoms with Crippen molar-refractivity contribution < 1.29 is 0 Å². The predicted octanol–water partition coefficient (Wildman–Crippen LogP) is 14.1. The van der Waals surface area contributed by atoms with E-state index in [1.54, 1.807) is 0 Å². The van der Waals surface area contributed by atoms with Gasteiger partial charge >= 0.3 is 0 Å². The van der Waals surface area contributed by atoms with E-state index in [0.29, 0.717) is 0 Å². The Morgan fingerprint density at radius 2 is 0.849 bits per heavy atom. The summed E-state index contributed by atoms with van der Waals surface area (Å²) >= 11 is 0. The Morgan fingerprint density at radius 1 is 0.396 bits per heavy atom. The first kappa shape index (κ1) is 28.9. The van der Waals surface area contributed by atoms with Crippen molar-refractivity contribution in [3.8, 4) is 22.5 Å². The quantitative estimate of drug-likeness (QED) is 0.135. The first-order valence-corrected chi connectivity index (χ1v) is 18.6. The summed E-state index contributed by atoms with van der Waals surface area (Å²) in [5, 5.41) is 20.5. The van der Waals surface area contributed by atoms with Crippen molar-refractivity contribution >= 4 is 97.2 Å². The molecule has 0 atom stereocenters. The lowest BCUT2D eigenvalue weighted by Gasteiger charge is -2.21. The minimum absolute atomic E-state index is 0.838. The fraction of sp³-hybridized carbons (Fsp3) is 0.0392. The predicted molar refractivity (Wildman–Crippen MR) is 228 cm³/mol. The second-order valence-corrected chi connectivity index (χ2v) is 14.4. The number of aromatic nitrogens is 2. The molecule has 0 aliphatic rings. The Morgan fingerprint density at radius 3 is 1.45 bits per heavy atom. The molecule has 0 radical (unpaired) electrons. The van der Waals surface area contributed by atoms with Crippen LogP contribution in [0, 0.1) is 0 Å². The Labute approximate surface area is 305 Å². The molecule has 0 spiro atoms. The summed E-state index contributed by atoms with van der Waals surface area (Å²) in [5.74, 6) is 1.02. The molecular weight excluding hydrogens is 641 g/mol. The van der Waals surface area contributed by atoms with Crippen LogP contribution in [0.5, 0.6) is 0 Å². The standard InChI is InChI=1S/C51H32N2/c1-2-53-44-26-8-7-25-43(44)52-51(53)50-39-18-5-3-16-36(39)48(37-17-4-6-19-40(37)50)42-29-32-15-11-22-34-33-20-9-13-30-27-28-31-14-10-21-35(46(31)45(30)33)38-23-12-24-41(42)49(38)47(32)34/h3-29H,2H2,1H3. The molecule has 1 heterocycles. The lowest BCUT2D eigenvalue weighted by Crippen LogP contribution is -2.00. The Hall–Kier alpha value is -6.77. The van der Waals surface area contributed by atoms with Crippen LogP contribution >= 0.6 is 0 Å².